The lowest BCUT2D eigenvalue weighted by Gasteiger charge is -2.21. The molecule has 0 spiro atoms. The molecule has 0 heterocycles. The van der Waals surface area contributed by atoms with Gasteiger partial charge in [0.1, 0.15) is 10.6 Å². The van der Waals surface area contributed by atoms with Crippen LogP contribution in [0.15, 0.2) is 23.1 Å². The molecular weight excluding hydrogens is 286 g/mol. The average molecular weight is 311 g/mol. The highest BCUT2D eigenvalue weighted by Crippen LogP contribution is 2.31. The Hall–Kier alpha value is -1.07. The zero-order valence-corrected chi connectivity index (χ0v) is 14.1. The molecule has 4 nitrogen and oxygen atoms in total. The van der Waals surface area contributed by atoms with Gasteiger partial charge >= 0.3 is 0 Å². The monoisotopic (exact) mass is 311 g/mol. The standard InChI is InChI=1S/C16H25NO3S/c1-16(2,3)12-9-10-14(20-4)15(11-12)21(18,19)17-13-7-5-6-8-13/h9-11,13,17H,5-8H2,1-4H3. The molecule has 0 saturated heterocycles. The highest BCUT2D eigenvalue weighted by Gasteiger charge is 2.27. The Morgan fingerprint density at radius 3 is 2.33 bits per heavy atom. The number of methoxy groups -OCH3 is 1. The van der Waals surface area contributed by atoms with Gasteiger partial charge in [-0.3, -0.25) is 0 Å². The lowest BCUT2D eigenvalue weighted by molar-refractivity contribution is 0.401. The Bertz CT molecular complexity index is 596. The van der Waals surface area contributed by atoms with Crippen LogP contribution in [0.25, 0.3) is 0 Å². The predicted octanol–water partition coefficient (Wildman–Crippen LogP) is 3.21. The van der Waals surface area contributed by atoms with Gasteiger partial charge in [0.25, 0.3) is 0 Å². The normalized spacial score (nSPS) is 17.1. The molecule has 1 aliphatic carbocycles. The highest BCUT2D eigenvalue weighted by atomic mass is 32.2. The smallest absolute Gasteiger partial charge is 0.244 e. The summed E-state index contributed by atoms with van der Waals surface area (Å²) in [6.07, 6.45) is 4.01. The van der Waals surface area contributed by atoms with Gasteiger partial charge in [-0.05, 0) is 36.0 Å². The third-order valence-corrected chi connectivity index (χ3v) is 5.54. The fraction of sp³-hybridized carbons (Fsp3) is 0.625. The van der Waals surface area contributed by atoms with Crippen LogP contribution in [-0.4, -0.2) is 21.6 Å². The molecule has 1 aromatic carbocycles. The summed E-state index contributed by atoms with van der Waals surface area (Å²) in [4.78, 5) is 0.240. The van der Waals surface area contributed by atoms with E-state index in [9.17, 15) is 8.42 Å². The fourth-order valence-electron chi connectivity index (χ4n) is 2.68. The molecule has 1 N–H and O–H groups in total. The van der Waals surface area contributed by atoms with Crippen LogP contribution >= 0.6 is 0 Å². The maximum atomic E-state index is 12.7. The molecular formula is C16H25NO3S. The van der Waals surface area contributed by atoms with Gasteiger partial charge in [-0.1, -0.05) is 39.7 Å². The van der Waals surface area contributed by atoms with E-state index in [0.29, 0.717) is 5.75 Å². The molecule has 0 bridgehead atoms. The molecule has 2 rings (SSSR count). The number of hydrogen-bond acceptors (Lipinski definition) is 3. The molecule has 0 atom stereocenters. The number of sulfonamides is 1. The van der Waals surface area contributed by atoms with Crippen LogP contribution in [0.2, 0.25) is 0 Å². The first-order valence-electron chi connectivity index (χ1n) is 7.45. The molecule has 1 aromatic rings. The number of benzene rings is 1. The van der Waals surface area contributed by atoms with Gasteiger partial charge in [-0.15, -0.1) is 0 Å². The number of hydrogen-bond donors (Lipinski definition) is 1. The molecule has 1 fully saturated rings. The van der Waals surface area contributed by atoms with Crippen molar-refractivity contribution >= 4 is 10.0 Å². The maximum absolute atomic E-state index is 12.7. The summed E-state index contributed by atoms with van der Waals surface area (Å²) in [6.45, 7) is 6.20. The second kappa shape index (κ2) is 5.97. The van der Waals surface area contributed by atoms with Crippen molar-refractivity contribution in [2.75, 3.05) is 7.11 Å². The van der Waals surface area contributed by atoms with Crippen LogP contribution < -0.4 is 9.46 Å². The Balaban J connectivity index is 2.39. The largest absolute Gasteiger partial charge is 0.495 e. The number of ether oxygens (including phenoxy) is 1. The van der Waals surface area contributed by atoms with Gasteiger partial charge < -0.3 is 4.74 Å². The van der Waals surface area contributed by atoms with E-state index in [0.717, 1.165) is 31.2 Å². The minimum absolute atomic E-state index is 0.0537. The Morgan fingerprint density at radius 1 is 1.19 bits per heavy atom. The van der Waals surface area contributed by atoms with Crippen LogP contribution in [0, 0.1) is 0 Å². The van der Waals surface area contributed by atoms with E-state index in [-0.39, 0.29) is 16.4 Å². The maximum Gasteiger partial charge on any atom is 0.244 e. The van der Waals surface area contributed by atoms with Crippen molar-refractivity contribution in [3.8, 4) is 5.75 Å². The summed E-state index contributed by atoms with van der Waals surface area (Å²) in [6, 6.07) is 5.45. The minimum Gasteiger partial charge on any atom is -0.495 e. The first-order valence-corrected chi connectivity index (χ1v) is 8.93. The van der Waals surface area contributed by atoms with Crippen molar-refractivity contribution in [2.45, 2.75) is 62.8 Å². The van der Waals surface area contributed by atoms with Gasteiger partial charge in [0, 0.05) is 6.04 Å². The summed E-state index contributed by atoms with van der Waals surface area (Å²) >= 11 is 0. The second-order valence-electron chi connectivity index (χ2n) is 6.72. The summed E-state index contributed by atoms with van der Waals surface area (Å²) < 4.78 is 33.4. The van der Waals surface area contributed by atoms with Crippen molar-refractivity contribution < 1.29 is 13.2 Å². The lowest BCUT2D eigenvalue weighted by Crippen LogP contribution is -2.33. The second-order valence-corrected chi connectivity index (χ2v) is 8.40. The van der Waals surface area contributed by atoms with Crippen LogP contribution in [0.3, 0.4) is 0 Å². The third kappa shape index (κ3) is 3.77. The van der Waals surface area contributed by atoms with Gasteiger partial charge in [0.2, 0.25) is 10.0 Å². The van der Waals surface area contributed by atoms with E-state index in [1.807, 2.05) is 6.07 Å². The number of nitrogens with one attached hydrogen (secondary N) is 1. The topological polar surface area (TPSA) is 55.4 Å². The molecule has 0 aliphatic heterocycles. The molecule has 21 heavy (non-hydrogen) atoms. The SMILES string of the molecule is COc1ccc(C(C)(C)C)cc1S(=O)(=O)NC1CCCC1. The molecule has 118 valence electrons. The summed E-state index contributed by atoms with van der Waals surface area (Å²) in [5, 5.41) is 0. The van der Waals surface area contributed by atoms with E-state index in [1.54, 1.807) is 12.1 Å². The van der Waals surface area contributed by atoms with Gasteiger partial charge in [0.05, 0.1) is 7.11 Å². The molecule has 0 radical (unpaired) electrons. The van der Waals surface area contributed by atoms with Crippen LogP contribution in [0.1, 0.15) is 52.0 Å². The van der Waals surface area contributed by atoms with Crippen molar-refractivity contribution in [3.63, 3.8) is 0 Å². The Morgan fingerprint density at radius 2 is 1.81 bits per heavy atom. The van der Waals surface area contributed by atoms with E-state index in [2.05, 4.69) is 25.5 Å². The third-order valence-electron chi connectivity index (χ3n) is 4.00. The highest BCUT2D eigenvalue weighted by molar-refractivity contribution is 7.89. The molecule has 1 aliphatic rings. The van der Waals surface area contributed by atoms with Crippen molar-refractivity contribution in [1.29, 1.82) is 0 Å². The molecule has 0 unspecified atom stereocenters. The van der Waals surface area contributed by atoms with E-state index in [1.165, 1.54) is 7.11 Å². The lowest BCUT2D eigenvalue weighted by atomic mass is 9.87. The van der Waals surface area contributed by atoms with Crippen LogP contribution in [0.4, 0.5) is 0 Å². The Labute approximate surface area is 127 Å². The van der Waals surface area contributed by atoms with Gasteiger partial charge in [0.15, 0.2) is 0 Å². The zero-order chi connectivity index (χ0) is 15.7. The number of rotatable bonds is 4. The van der Waals surface area contributed by atoms with E-state index < -0.39 is 10.0 Å². The Kier molecular flexibility index (Phi) is 4.63. The van der Waals surface area contributed by atoms with E-state index in [4.69, 9.17) is 4.74 Å². The van der Waals surface area contributed by atoms with Gasteiger partial charge in [-0.25, -0.2) is 13.1 Å². The summed E-state index contributed by atoms with van der Waals surface area (Å²) in [5.41, 5.74) is 0.874. The predicted molar refractivity (Wildman–Crippen MR) is 84.3 cm³/mol. The van der Waals surface area contributed by atoms with Crippen LogP contribution in [0.5, 0.6) is 5.75 Å². The van der Waals surface area contributed by atoms with Crippen molar-refractivity contribution in [2.24, 2.45) is 0 Å². The minimum atomic E-state index is -3.54. The van der Waals surface area contributed by atoms with Gasteiger partial charge in [-0.2, -0.15) is 0 Å². The van der Waals surface area contributed by atoms with Crippen LogP contribution in [-0.2, 0) is 15.4 Å². The van der Waals surface area contributed by atoms with Crippen molar-refractivity contribution in [3.05, 3.63) is 23.8 Å². The first kappa shape index (κ1) is 16.3. The molecule has 1 saturated carbocycles. The fourth-order valence-corrected chi connectivity index (χ4v) is 4.18. The quantitative estimate of drug-likeness (QED) is 0.929. The zero-order valence-electron chi connectivity index (χ0n) is 13.3. The van der Waals surface area contributed by atoms with Crippen molar-refractivity contribution in [1.82, 2.24) is 4.72 Å². The van der Waals surface area contributed by atoms with E-state index >= 15 is 0 Å². The summed E-state index contributed by atoms with van der Waals surface area (Å²) in [5.74, 6) is 0.397. The molecule has 5 heteroatoms. The average Bonchev–Trinajstić information content (AvgIpc) is 2.89. The molecule has 0 amide bonds. The summed E-state index contributed by atoms with van der Waals surface area (Å²) in [7, 11) is -2.04. The molecule has 0 aromatic heterocycles. The first-order chi connectivity index (χ1) is 9.74.